The normalized spacial score (nSPS) is 28.5. The van der Waals surface area contributed by atoms with Crippen molar-refractivity contribution < 1.29 is 33.6 Å². The minimum atomic E-state index is -1.88. The Morgan fingerprint density at radius 1 is 1.15 bits per heavy atom. The molecule has 3 N–H and O–H groups in total. The predicted octanol–water partition coefficient (Wildman–Crippen LogP) is 2.24. The fraction of sp³-hybridized carbons (Fsp3) is 0.368. The fourth-order valence-electron chi connectivity index (χ4n) is 3.14. The first-order valence-electron chi connectivity index (χ1n) is 8.52. The Morgan fingerprint density at radius 2 is 2.00 bits per heavy atom. The van der Waals surface area contributed by atoms with Crippen LogP contribution >= 0.6 is 11.3 Å². The van der Waals surface area contributed by atoms with E-state index < -0.39 is 37.4 Å². The lowest BCUT2D eigenvalue weighted by molar-refractivity contribution is -0.265. The smallest absolute Gasteiger partial charge is 0.229 e. The number of ether oxygens (including phenoxy) is 2. The summed E-state index contributed by atoms with van der Waals surface area (Å²) in [5, 5.41) is 31.9. The topological polar surface area (TPSA) is 92.3 Å². The van der Waals surface area contributed by atoms with E-state index in [1.807, 2.05) is 29.6 Å². The van der Waals surface area contributed by atoms with Gasteiger partial charge in [0.15, 0.2) is 6.17 Å². The molecule has 3 heterocycles. The van der Waals surface area contributed by atoms with Crippen molar-refractivity contribution in [3.05, 3.63) is 52.4 Å². The van der Waals surface area contributed by atoms with Crippen LogP contribution in [0.5, 0.6) is 5.75 Å². The highest BCUT2D eigenvalue weighted by molar-refractivity contribution is 7.10. The van der Waals surface area contributed by atoms with Crippen LogP contribution in [0, 0.1) is 0 Å². The molecule has 0 bridgehead atoms. The molecule has 3 aromatic rings. The van der Waals surface area contributed by atoms with Crippen molar-refractivity contribution in [1.29, 1.82) is 0 Å². The van der Waals surface area contributed by atoms with Crippen LogP contribution in [0.4, 0.5) is 4.39 Å². The van der Waals surface area contributed by atoms with Gasteiger partial charge in [-0.05, 0) is 35.2 Å². The van der Waals surface area contributed by atoms with Gasteiger partial charge in [-0.3, -0.25) is 0 Å². The molecule has 8 heteroatoms. The fourth-order valence-corrected chi connectivity index (χ4v) is 3.98. The molecule has 4 rings (SSSR count). The van der Waals surface area contributed by atoms with E-state index in [0.717, 1.165) is 21.4 Å². The van der Waals surface area contributed by atoms with Gasteiger partial charge in [0.2, 0.25) is 6.29 Å². The van der Waals surface area contributed by atoms with Gasteiger partial charge in [0.05, 0.1) is 17.7 Å². The molecule has 0 radical (unpaired) electrons. The molecule has 1 aromatic carbocycles. The minimum absolute atomic E-state index is 0.484. The third-order valence-corrected chi connectivity index (χ3v) is 5.53. The Morgan fingerprint density at radius 3 is 2.81 bits per heavy atom. The first kappa shape index (κ1) is 18.4. The van der Waals surface area contributed by atoms with E-state index in [0.29, 0.717) is 12.2 Å². The monoisotopic (exact) mass is 394 g/mol. The van der Waals surface area contributed by atoms with E-state index in [1.165, 1.54) is 11.3 Å². The molecule has 6 nitrogen and oxygen atoms in total. The number of alkyl halides is 1. The van der Waals surface area contributed by atoms with Crippen molar-refractivity contribution in [2.24, 2.45) is 0 Å². The maximum atomic E-state index is 13.9. The van der Waals surface area contributed by atoms with Gasteiger partial charge in [-0.25, -0.2) is 4.39 Å². The summed E-state index contributed by atoms with van der Waals surface area (Å²) < 4.78 is 30.2. The molecule has 0 aliphatic carbocycles. The number of halogens is 1. The van der Waals surface area contributed by atoms with Gasteiger partial charge in [-0.2, -0.15) is 0 Å². The Balaban J connectivity index is 1.51. The molecule has 1 saturated heterocycles. The predicted molar refractivity (Wildman–Crippen MR) is 96.6 cm³/mol. The molecule has 5 unspecified atom stereocenters. The zero-order valence-corrected chi connectivity index (χ0v) is 15.0. The molecular weight excluding hydrogens is 375 g/mol. The summed E-state index contributed by atoms with van der Waals surface area (Å²) in [6.07, 6.45) is -5.42. The molecule has 2 aromatic heterocycles. The van der Waals surface area contributed by atoms with Crippen molar-refractivity contribution in [2.75, 3.05) is 6.61 Å². The Hall–Kier alpha value is -1.97. The van der Waals surface area contributed by atoms with Crippen LogP contribution in [0.3, 0.4) is 0 Å². The van der Waals surface area contributed by atoms with Crippen LogP contribution < -0.4 is 4.74 Å². The first-order chi connectivity index (χ1) is 13.1. The van der Waals surface area contributed by atoms with Gasteiger partial charge in [0.1, 0.15) is 29.6 Å². The van der Waals surface area contributed by atoms with E-state index >= 15 is 0 Å². The Kier molecular flexibility index (Phi) is 5.16. The third-order valence-electron chi connectivity index (χ3n) is 4.63. The van der Waals surface area contributed by atoms with Gasteiger partial charge in [-0.1, -0.05) is 6.07 Å². The number of benzene rings is 1. The lowest BCUT2D eigenvalue weighted by atomic mass is 10.0. The molecular formula is C19H19FO6S. The second-order valence-corrected chi connectivity index (χ2v) is 7.45. The van der Waals surface area contributed by atoms with E-state index in [-0.39, 0.29) is 0 Å². The summed E-state index contributed by atoms with van der Waals surface area (Å²) in [4.78, 5) is 0.894. The van der Waals surface area contributed by atoms with E-state index in [1.54, 1.807) is 12.3 Å². The maximum absolute atomic E-state index is 13.9. The summed E-state index contributed by atoms with van der Waals surface area (Å²) in [5.74, 6) is 0.484. The van der Waals surface area contributed by atoms with Crippen molar-refractivity contribution in [1.82, 2.24) is 0 Å². The van der Waals surface area contributed by atoms with E-state index in [4.69, 9.17) is 13.9 Å². The molecule has 27 heavy (non-hydrogen) atoms. The number of thiophene rings is 1. The average molecular weight is 394 g/mol. The van der Waals surface area contributed by atoms with Crippen molar-refractivity contribution in [3.63, 3.8) is 0 Å². The lowest BCUT2D eigenvalue weighted by Crippen LogP contribution is -2.58. The van der Waals surface area contributed by atoms with Crippen LogP contribution in [-0.2, 0) is 11.2 Å². The highest BCUT2D eigenvalue weighted by Gasteiger charge is 2.46. The second-order valence-electron chi connectivity index (χ2n) is 6.45. The highest BCUT2D eigenvalue weighted by atomic mass is 32.1. The van der Waals surface area contributed by atoms with E-state index in [2.05, 4.69) is 0 Å². The van der Waals surface area contributed by atoms with Crippen molar-refractivity contribution in [3.8, 4) is 5.75 Å². The standard InChI is InChI=1S/C19H19FO6S/c20-16-14(9-21)26-19(18(23)17(16)22)25-13-4-6-27-15(13)8-10-1-2-12-11(7-10)3-5-24-12/h1-7,14,16-19,21-23H,8-9H2. The van der Waals surface area contributed by atoms with Gasteiger partial charge in [0.25, 0.3) is 0 Å². The summed E-state index contributed by atoms with van der Waals surface area (Å²) in [7, 11) is 0. The summed E-state index contributed by atoms with van der Waals surface area (Å²) in [6, 6.07) is 9.50. The van der Waals surface area contributed by atoms with Crippen molar-refractivity contribution >= 4 is 22.3 Å². The summed E-state index contributed by atoms with van der Waals surface area (Å²) in [5.41, 5.74) is 1.86. The molecule has 5 atom stereocenters. The molecule has 1 aliphatic rings. The maximum Gasteiger partial charge on any atom is 0.229 e. The number of furan rings is 1. The zero-order valence-electron chi connectivity index (χ0n) is 14.2. The van der Waals surface area contributed by atoms with Gasteiger partial charge in [0, 0.05) is 11.8 Å². The van der Waals surface area contributed by atoms with Crippen molar-refractivity contribution in [2.45, 2.75) is 37.2 Å². The second kappa shape index (κ2) is 7.57. The quantitative estimate of drug-likeness (QED) is 0.615. The Bertz CT molecular complexity index is 906. The average Bonchev–Trinajstić information content (AvgIpc) is 3.31. The lowest BCUT2D eigenvalue weighted by Gasteiger charge is -2.38. The third kappa shape index (κ3) is 3.59. The highest BCUT2D eigenvalue weighted by Crippen LogP contribution is 2.32. The molecule has 1 fully saturated rings. The summed E-state index contributed by atoms with van der Waals surface area (Å²) >= 11 is 1.48. The van der Waals surface area contributed by atoms with Gasteiger partial charge >= 0.3 is 0 Å². The minimum Gasteiger partial charge on any atom is -0.464 e. The molecule has 0 spiro atoms. The first-order valence-corrected chi connectivity index (χ1v) is 9.40. The van der Waals surface area contributed by atoms with Crippen LogP contribution in [0.25, 0.3) is 11.0 Å². The number of aliphatic hydroxyl groups excluding tert-OH is 3. The number of aliphatic hydroxyl groups is 3. The van der Waals surface area contributed by atoms with Crippen LogP contribution in [0.2, 0.25) is 0 Å². The van der Waals surface area contributed by atoms with Gasteiger partial charge in [-0.15, -0.1) is 11.3 Å². The van der Waals surface area contributed by atoms with Crippen LogP contribution in [0.15, 0.2) is 46.4 Å². The van der Waals surface area contributed by atoms with Crippen LogP contribution in [0.1, 0.15) is 10.4 Å². The number of fused-ring (bicyclic) bond motifs is 1. The SMILES string of the molecule is OCC1OC(Oc2ccsc2Cc2ccc3occc3c2)C(O)C(O)C1F. The van der Waals surface area contributed by atoms with Crippen LogP contribution in [-0.4, -0.2) is 52.7 Å². The molecule has 1 aliphatic heterocycles. The molecule has 144 valence electrons. The Labute approximate surface area is 158 Å². The van der Waals surface area contributed by atoms with E-state index in [9.17, 15) is 19.7 Å². The number of rotatable bonds is 5. The van der Waals surface area contributed by atoms with Gasteiger partial charge < -0.3 is 29.2 Å². The summed E-state index contributed by atoms with van der Waals surface area (Å²) in [6.45, 7) is -0.619. The zero-order chi connectivity index (χ0) is 19.0. The molecule has 0 amide bonds. The largest absolute Gasteiger partial charge is 0.464 e. The number of hydrogen-bond acceptors (Lipinski definition) is 7. The number of hydrogen-bond donors (Lipinski definition) is 3. The molecule has 0 saturated carbocycles.